The molecule has 11 nitrogen and oxygen atoms in total. The first-order chi connectivity index (χ1) is 18.1. The molecule has 1 aliphatic rings. The Kier molecular flexibility index (Phi) is 9.94. The SMILES string of the molecule is CC(C)OC(=O)Nc1ccc(-c2nnc([C@H]3CC[C@@H](NC(=O)OC(C)C)CC3)s2)c(S(=O)(=O)NC(C)(C)C)c1. The van der Waals surface area contributed by atoms with E-state index in [9.17, 15) is 18.0 Å². The van der Waals surface area contributed by atoms with Crippen LogP contribution in [0.3, 0.4) is 0 Å². The number of carbonyl (C=O) groups excluding carboxylic acids is 2. The molecule has 0 saturated heterocycles. The van der Waals surface area contributed by atoms with Crippen LogP contribution in [0.15, 0.2) is 23.1 Å². The highest BCUT2D eigenvalue weighted by Crippen LogP contribution is 2.38. The number of nitrogens with zero attached hydrogens (tertiary/aromatic N) is 2. The Morgan fingerprint density at radius 3 is 2.18 bits per heavy atom. The lowest BCUT2D eigenvalue weighted by Crippen LogP contribution is -2.40. The van der Waals surface area contributed by atoms with Gasteiger partial charge in [-0.05, 0) is 92.3 Å². The molecule has 0 radical (unpaired) electrons. The molecular formula is C26H39N5O6S2. The summed E-state index contributed by atoms with van der Waals surface area (Å²) in [6.07, 6.45) is 1.63. The van der Waals surface area contributed by atoms with Crippen molar-refractivity contribution in [2.24, 2.45) is 0 Å². The summed E-state index contributed by atoms with van der Waals surface area (Å²) in [4.78, 5) is 24.0. The van der Waals surface area contributed by atoms with Gasteiger partial charge in [-0.3, -0.25) is 5.32 Å². The molecule has 0 unspecified atom stereocenters. The van der Waals surface area contributed by atoms with Gasteiger partial charge in [-0.2, -0.15) is 0 Å². The van der Waals surface area contributed by atoms with Crippen molar-refractivity contribution in [3.63, 3.8) is 0 Å². The average molecular weight is 582 g/mol. The lowest BCUT2D eigenvalue weighted by Gasteiger charge is -2.27. The topological polar surface area (TPSA) is 149 Å². The molecule has 1 aromatic carbocycles. The predicted octanol–water partition coefficient (Wildman–Crippen LogP) is 5.40. The summed E-state index contributed by atoms with van der Waals surface area (Å²) in [7, 11) is -3.98. The standard InChI is InChI=1S/C26H39N5O6S2/c1-15(2)36-24(32)27-18-10-8-17(9-11-18)22-29-30-23(38-22)20-13-12-19(28-25(33)37-16(3)4)14-21(20)39(34,35)31-26(5,6)7/h12-18,31H,8-11H2,1-7H3,(H,27,32)(H,28,33)/t17-,18+. The molecule has 39 heavy (non-hydrogen) atoms. The van der Waals surface area contributed by atoms with Crippen LogP contribution < -0.4 is 15.4 Å². The fourth-order valence-corrected chi connectivity index (χ4v) is 7.00. The second kappa shape index (κ2) is 12.6. The number of nitrogens with one attached hydrogen (secondary N) is 3. The second-order valence-electron chi connectivity index (χ2n) is 11.2. The maximum atomic E-state index is 13.4. The van der Waals surface area contributed by atoms with Crippen molar-refractivity contribution in [1.82, 2.24) is 20.2 Å². The van der Waals surface area contributed by atoms with E-state index in [1.54, 1.807) is 46.8 Å². The van der Waals surface area contributed by atoms with Gasteiger partial charge in [0.2, 0.25) is 10.0 Å². The highest BCUT2D eigenvalue weighted by Gasteiger charge is 2.30. The highest BCUT2D eigenvalue weighted by atomic mass is 32.2. The zero-order valence-corrected chi connectivity index (χ0v) is 25.2. The van der Waals surface area contributed by atoms with Gasteiger partial charge in [-0.1, -0.05) is 11.3 Å². The van der Waals surface area contributed by atoms with Crippen molar-refractivity contribution in [2.45, 2.75) is 109 Å². The zero-order valence-electron chi connectivity index (χ0n) is 23.5. The van der Waals surface area contributed by atoms with Crippen molar-refractivity contribution < 1.29 is 27.5 Å². The number of aromatic nitrogens is 2. The van der Waals surface area contributed by atoms with Gasteiger partial charge in [0.15, 0.2) is 0 Å². The van der Waals surface area contributed by atoms with Crippen LogP contribution >= 0.6 is 11.3 Å². The van der Waals surface area contributed by atoms with Crippen LogP contribution in [0.25, 0.3) is 10.6 Å². The molecule has 2 amide bonds. The molecule has 13 heteroatoms. The van der Waals surface area contributed by atoms with Crippen molar-refractivity contribution in [3.05, 3.63) is 23.2 Å². The number of alkyl carbamates (subject to hydrolysis) is 1. The molecule has 0 bridgehead atoms. The third kappa shape index (κ3) is 9.14. The van der Waals surface area contributed by atoms with Gasteiger partial charge >= 0.3 is 12.2 Å². The second-order valence-corrected chi connectivity index (χ2v) is 13.9. The van der Waals surface area contributed by atoms with E-state index >= 15 is 0 Å². The number of rotatable bonds is 8. The Labute approximate surface area is 234 Å². The monoisotopic (exact) mass is 581 g/mol. The Balaban J connectivity index is 1.82. The minimum absolute atomic E-state index is 0.0148. The van der Waals surface area contributed by atoms with Crippen LogP contribution in [-0.2, 0) is 19.5 Å². The number of hydrogen-bond donors (Lipinski definition) is 3. The molecule has 1 aromatic heterocycles. The normalized spacial score (nSPS) is 18.2. The van der Waals surface area contributed by atoms with E-state index in [0.717, 1.165) is 30.7 Å². The quantitative estimate of drug-likeness (QED) is 0.375. The van der Waals surface area contributed by atoms with Crippen molar-refractivity contribution >= 4 is 39.2 Å². The summed E-state index contributed by atoms with van der Waals surface area (Å²) in [6.45, 7) is 12.3. The molecule has 0 aliphatic heterocycles. The van der Waals surface area contributed by atoms with Gasteiger partial charge in [-0.15, -0.1) is 10.2 Å². The number of sulfonamides is 1. The lowest BCUT2D eigenvalue weighted by atomic mass is 9.86. The summed E-state index contributed by atoms with van der Waals surface area (Å²) >= 11 is 1.35. The lowest BCUT2D eigenvalue weighted by molar-refractivity contribution is 0.109. The van der Waals surface area contributed by atoms with E-state index in [4.69, 9.17) is 9.47 Å². The van der Waals surface area contributed by atoms with Crippen molar-refractivity contribution in [2.75, 3.05) is 5.32 Å². The third-order valence-electron chi connectivity index (χ3n) is 5.71. The van der Waals surface area contributed by atoms with E-state index in [1.165, 1.54) is 17.4 Å². The van der Waals surface area contributed by atoms with Crippen LogP contribution in [0.4, 0.5) is 15.3 Å². The molecule has 1 fully saturated rings. The van der Waals surface area contributed by atoms with Crippen LogP contribution in [0.5, 0.6) is 0 Å². The van der Waals surface area contributed by atoms with Crippen LogP contribution in [0.1, 0.15) is 85.1 Å². The van der Waals surface area contributed by atoms with Gasteiger partial charge in [0.25, 0.3) is 0 Å². The fourth-order valence-electron chi connectivity index (χ4n) is 4.23. The molecule has 216 valence electrons. The summed E-state index contributed by atoms with van der Waals surface area (Å²) in [5.41, 5.74) is -0.0493. The van der Waals surface area contributed by atoms with Gasteiger partial charge in [-0.25, -0.2) is 22.7 Å². The van der Waals surface area contributed by atoms with Crippen LogP contribution in [0, 0.1) is 0 Å². The van der Waals surface area contributed by atoms with Gasteiger partial charge in [0, 0.05) is 28.7 Å². The fraction of sp³-hybridized carbons (Fsp3) is 0.615. The van der Waals surface area contributed by atoms with Crippen molar-refractivity contribution in [1.29, 1.82) is 0 Å². The molecular weight excluding hydrogens is 542 g/mol. The van der Waals surface area contributed by atoms with Crippen LogP contribution in [-0.4, -0.2) is 54.6 Å². The minimum atomic E-state index is -3.98. The minimum Gasteiger partial charge on any atom is -0.447 e. The molecule has 1 saturated carbocycles. The average Bonchev–Trinajstić information content (AvgIpc) is 3.27. The highest BCUT2D eigenvalue weighted by molar-refractivity contribution is 7.89. The molecule has 0 atom stereocenters. The summed E-state index contributed by atoms with van der Waals surface area (Å²) in [5.74, 6) is 0.162. The Hall–Kier alpha value is -2.77. The summed E-state index contributed by atoms with van der Waals surface area (Å²) in [5, 5.41) is 15.5. The molecule has 1 heterocycles. The van der Waals surface area contributed by atoms with E-state index in [-0.39, 0.29) is 34.8 Å². The number of benzene rings is 1. The molecule has 0 spiro atoms. The number of carbonyl (C=O) groups is 2. The third-order valence-corrected chi connectivity index (χ3v) is 8.63. The number of anilines is 1. The Morgan fingerprint density at radius 2 is 1.59 bits per heavy atom. The van der Waals surface area contributed by atoms with Gasteiger partial charge in [0.05, 0.1) is 17.1 Å². The summed E-state index contributed by atoms with van der Waals surface area (Å²) < 4.78 is 39.8. The van der Waals surface area contributed by atoms with Gasteiger partial charge < -0.3 is 14.8 Å². The van der Waals surface area contributed by atoms with Gasteiger partial charge in [0.1, 0.15) is 10.0 Å². The van der Waals surface area contributed by atoms with E-state index in [0.29, 0.717) is 10.6 Å². The Bertz CT molecular complexity index is 1260. The smallest absolute Gasteiger partial charge is 0.411 e. The molecule has 3 N–H and O–H groups in total. The maximum Gasteiger partial charge on any atom is 0.411 e. The molecule has 2 aromatic rings. The summed E-state index contributed by atoms with van der Waals surface area (Å²) in [6, 6.07) is 4.68. The first-order valence-electron chi connectivity index (χ1n) is 13.1. The van der Waals surface area contributed by atoms with Crippen LogP contribution in [0.2, 0.25) is 0 Å². The largest absolute Gasteiger partial charge is 0.447 e. The molecule has 3 rings (SSSR count). The first-order valence-corrected chi connectivity index (χ1v) is 15.4. The maximum absolute atomic E-state index is 13.4. The van der Waals surface area contributed by atoms with E-state index in [1.807, 2.05) is 13.8 Å². The number of hydrogen-bond acceptors (Lipinski definition) is 9. The first kappa shape index (κ1) is 30.8. The van der Waals surface area contributed by atoms with Crippen molar-refractivity contribution in [3.8, 4) is 10.6 Å². The predicted molar refractivity (Wildman–Crippen MR) is 150 cm³/mol. The number of ether oxygens (including phenoxy) is 2. The Morgan fingerprint density at radius 1 is 0.974 bits per heavy atom. The molecule has 1 aliphatic carbocycles. The van der Waals surface area contributed by atoms with E-state index < -0.39 is 27.7 Å². The van der Waals surface area contributed by atoms with E-state index in [2.05, 4.69) is 25.6 Å². The number of amides is 2. The zero-order chi connectivity index (χ0) is 29.0.